The predicted molar refractivity (Wildman–Crippen MR) is 43.8 cm³/mol. The number of halogens is 1. The van der Waals surface area contributed by atoms with Crippen LogP contribution in [0.4, 0.5) is 0 Å². The molecule has 0 saturated heterocycles. The van der Waals surface area contributed by atoms with E-state index in [1.165, 1.54) is 0 Å². The Kier molecular flexibility index (Phi) is 1.36. The summed E-state index contributed by atoms with van der Waals surface area (Å²) in [7, 11) is 0. The van der Waals surface area contributed by atoms with Crippen LogP contribution in [0.2, 0.25) is 5.02 Å². The summed E-state index contributed by atoms with van der Waals surface area (Å²) in [6, 6.07) is 3.77. The third-order valence-electron chi connectivity index (χ3n) is 1.70. The molecular weight excluding hydrogens is 162 g/mol. The van der Waals surface area contributed by atoms with Gasteiger partial charge < -0.3 is 4.52 Å². The Labute approximate surface area is 68.7 Å². The fourth-order valence-electron chi connectivity index (χ4n) is 1.06. The molecule has 56 valence electrons. The van der Waals surface area contributed by atoms with E-state index >= 15 is 0 Å². The van der Waals surface area contributed by atoms with Crippen LogP contribution in [0.25, 0.3) is 10.9 Å². The molecular formula is C8H6ClNO. The Bertz CT molecular complexity index is 358. The highest BCUT2D eigenvalue weighted by molar-refractivity contribution is 6.35. The van der Waals surface area contributed by atoms with E-state index in [2.05, 4.69) is 5.16 Å². The first-order valence-electron chi connectivity index (χ1n) is 3.28. The summed E-state index contributed by atoms with van der Waals surface area (Å²) in [6.07, 6.45) is 1.61. The summed E-state index contributed by atoms with van der Waals surface area (Å²) in [5.74, 6) is 0. The lowest BCUT2D eigenvalue weighted by molar-refractivity contribution is 0.428. The predicted octanol–water partition coefficient (Wildman–Crippen LogP) is 2.79. The van der Waals surface area contributed by atoms with Gasteiger partial charge in [-0.25, -0.2) is 0 Å². The fraction of sp³-hybridized carbons (Fsp3) is 0.125. The number of aromatic nitrogens is 1. The topological polar surface area (TPSA) is 26.0 Å². The highest BCUT2D eigenvalue weighted by Gasteiger charge is 2.04. The monoisotopic (exact) mass is 167 g/mol. The Balaban J connectivity index is 2.96. The summed E-state index contributed by atoms with van der Waals surface area (Å²) < 4.78 is 4.79. The first kappa shape index (κ1) is 6.68. The van der Waals surface area contributed by atoms with Gasteiger partial charge in [-0.05, 0) is 18.6 Å². The zero-order chi connectivity index (χ0) is 7.84. The molecule has 2 aromatic rings. The van der Waals surface area contributed by atoms with Crippen LogP contribution in [0.1, 0.15) is 5.56 Å². The van der Waals surface area contributed by atoms with E-state index in [0.717, 1.165) is 16.5 Å². The molecule has 2 rings (SSSR count). The normalized spacial score (nSPS) is 10.7. The molecule has 0 spiro atoms. The van der Waals surface area contributed by atoms with E-state index in [0.29, 0.717) is 5.02 Å². The van der Waals surface area contributed by atoms with Gasteiger partial charge in [-0.15, -0.1) is 0 Å². The van der Waals surface area contributed by atoms with Crippen LogP contribution in [0, 0.1) is 6.92 Å². The van der Waals surface area contributed by atoms with Crippen LogP contribution in [-0.2, 0) is 0 Å². The molecule has 0 bridgehead atoms. The zero-order valence-corrected chi connectivity index (χ0v) is 6.72. The van der Waals surface area contributed by atoms with Gasteiger partial charge in [0.15, 0.2) is 0 Å². The number of benzene rings is 1. The highest BCUT2D eigenvalue weighted by atomic mass is 35.5. The first-order chi connectivity index (χ1) is 5.29. The lowest BCUT2D eigenvalue weighted by Crippen LogP contribution is -1.74. The average molecular weight is 168 g/mol. The molecule has 0 unspecified atom stereocenters. The van der Waals surface area contributed by atoms with Crippen molar-refractivity contribution < 1.29 is 4.52 Å². The van der Waals surface area contributed by atoms with Gasteiger partial charge >= 0.3 is 0 Å². The van der Waals surface area contributed by atoms with Gasteiger partial charge in [-0.1, -0.05) is 22.8 Å². The average Bonchev–Trinajstić information content (AvgIpc) is 2.45. The molecule has 3 heteroatoms. The van der Waals surface area contributed by atoms with Crippen molar-refractivity contribution >= 4 is 22.5 Å². The van der Waals surface area contributed by atoms with E-state index in [9.17, 15) is 0 Å². The summed E-state index contributed by atoms with van der Waals surface area (Å²) in [5, 5.41) is 5.39. The van der Waals surface area contributed by atoms with Crippen molar-refractivity contribution in [1.29, 1.82) is 0 Å². The van der Waals surface area contributed by atoms with Crippen molar-refractivity contribution in [2.45, 2.75) is 6.92 Å². The van der Waals surface area contributed by atoms with Crippen molar-refractivity contribution in [3.63, 3.8) is 0 Å². The summed E-state index contributed by atoms with van der Waals surface area (Å²) >= 11 is 5.85. The van der Waals surface area contributed by atoms with Crippen molar-refractivity contribution in [2.24, 2.45) is 0 Å². The van der Waals surface area contributed by atoms with Crippen LogP contribution in [0.15, 0.2) is 22.9 Å². The number of aryl methyl sites for hydroxylation is 1. The van der Waals surface area contributed by atoms with Crippen molar-refractivity contribution in [1.82, 2.24) is 5.16 Å². The molecule has 2 nitrogen and oxygen atoms in total. The van der Waals surface area contributed by atoms with Gasteiger partial charge in [0.2, 0.25) is 0 Å². The second kappa shape index (κ2) is 2.24. The molecule has 11 heavy (non-hydrogen) atoms. The molecule has 0 aliphatic rings. The van der Waals surface area contributed by atoms with Crippen LogP contribution in [0.3, 0.4) is 0 Å². The minimum atomic E-state index is 0.638. The highest BCUT2D eigenvalue weighted by Crippen LogP contribution is 2.24. The number of fused-ring (bicyclic) bond motifs is 1. The van der Waals surface area contributed by atoms with E-state index < -0.39 is 0 Å². The minimum absolute atomic E-state index is 0.638. The van der Waals surface area contributed by atoms with Gasteiger partial charge in [0.25, 0.3) is 0 Å². The van der Waals surface area contributed by atoms with Gasteiger partial charge in [-0.3, -0.25) is 0 Å². The maximum atomic E-state index is 5.85. The Hall–Kier alpha value is -1.02. The first-order valence-corrected chi connectivity index (χ1v) is 3.66. The Morgan fingerprint density at radius 3 is 3.00 bits per heavy atom. The molecule has 0 fully saturated rings. The summed E-state index contributed by atoms with van der Waals surface area (Å²) in [5.41, 5.74) is 1.87. The van der Waals surface area contributed by atoms with Gasteiger partial charge in [0.1, 0.15) is 11.8 Å². The largest absolute Gasteiger partial charge is 0.363 e. The molecule has 0 atom stereocenters. The molecule has 0 N–H and O–H groups in total. The van der Waals surface area contributed by atoms with Crippen molar-refractivity contribution in [3.05, 3.63) is 29.0 Å². The minimum Gasteiger partial charge on any atom is -0.363 e. The van der Waals surface area contributed by atoms with E-state index in [1.807, 2.05) is 19.1 Å². The van der Waals surface area contributed by atoms with E-state index in [1.54, 1.807) is 6.26 Å². The van der Waals surface area contributed by atoms with Gasteiger partial charge in [0, 0.05) is 5.39 Å². The number of hydrogen-bond acceptors (Lipinski definition) is 2. The second-order valence-electron chi connectivity index (χ2n) is 2.44. The zero-order valence-electron chi connectivity index (χ0n) is 5.97. The molecule has 0 amide bonds. The Morgan fingerprint density at radius 1 is 1.45 bits per heavy atom. The van der Waals surface area contributed by atoms with E-state index in [-0.39, 0.29) is 0 Å². The van der Waals surface area contributed by atoms with Gasteiger partial charge in [0.05, 0.1) is 5.02 Å². The standard InChI is InChI=1S/C8H6ClNO/c1-5-2-3-7(9)8-6(5)4-11-10-8/h2-4H,1H3. The summed E-state index contributed by atoms with van der Waals surface area (Å²) in [6.45, 7) is 2.00. The van der Waals surface area contributed by atoms with Crippen LogP contribution in [-0.4, -0.2) is 5.16 Å². The van der Waals surface area contributed by atoms with Crippen LogP contribution < -0.4 is 0 Å². The maximum Gasteiger partial charge on any atom is 0.132 e. The van der Waals surface area contributed by atoms with E-state index in [4.69, 9.17) is 16.1 Å². The number of nitrogens with zero attached hydrogens (tertiary/aromatic N) is 1. The van der Waals surface area contributed by atoms with Gasteiger partial charge in [-0.2, -0.15) is 0 Å². The van der Waals surface area contributed by atoms with Crippen LogP contribution in [0.5, 0.6) is 0 Å². The molecule has 1 aromatic heterocycles. The lowest BCUT2D eigenvalue weighted by atomic mass is 10.1. The molecule has 1 aromatic carbocycles. The van der Waals surface area contributed by atoms with Crippen molar-refractivity contribution in [3.8, 4) is 0 Å². The lowest BCUT2D eigenvalue weighted by Gasteiger charge is -1.93. The Morgan fingerprint density at radius 2 is 2.27 bits per heavy atom. The van der Waals surface area contributed by atoms with Crippen molar-refractivity contribution in [2.75, 3.05) is 0 Å². The third-order valence-corrected chi connectivity index (χ3v) is 2.01. The molecule has 0 aliphatic heterocycles. The molecule has 0 saturated carbocycles. The number of rotatable bonds is 0. The summed E-state index contributed by atoms with van der Waals surface area (Å²) in [4.78, 5) is 0. The number of hydrogen-bond donors (Lipinski definition) is 0. The SMILES string of the molecule is Cc1ccc(Cl)c2nocc12. The van der Waals surface area contributed by atoms with Crippen LogP contribution >= 0.6 is 11.6 Å². The third kappa shape index (κ3) is 0.906. The maximum absolute atomic E-state index is 5.85. The molecule has 1 heterocycles. The second-order valence-corrected chi connectivity index (χ2v) is 2.85. The molecule has 0 radical (unpaired) electrons. The molecule has 0 aliphatic carbocycles. The fourth-order valence-corrected chi connectivity index (χ4v) is 1.25. The smallest absolute Gasteiger partial charge is 0.132 e. The quantitative estimate of drug-likeness (QED) is 0.603.